The van der Waals surface area contributed by atoms with Gasteiger partial charge in [0.05, 0.1) is 12.1 Å². The molecule has 1 aromatic heterocycles. The van der Waals surface area contributed by atoms with E-state index in [2.05, 4.69) is 22.8 Å². The summed E-state index contributed by atoms with van der Waals surface area (Å²) >= 11 is 0. The molecule has 20 heavy (non-hydrogen) atoms. The summed E-state index contributed by atoms with van der Waals surface area (Å²) in [5, 5.41) is 9.08. The molecule has 1 unspecified atom stereocenters. The zero-order chi connectivity index (χ0) is 14.4. The molecular weight excluding hydrogens is 252 g/mol. The maximum atomic E-state index is 11.6. The van der Waals surface area contributed by atoms with Crippen molar-refractivity contribution in [3.63, 3.8) is 0 Å². The van der Waals surface area contributed by atoms with Gasteiger partial charge in [-0.3, -0.25) is 14.6 Å². The first kappa shape index (κ1) is 14.8. The molecule has 1 fully saturated rings. The molecule has 108 valence electrons. The Morgan fingerprint density at radius 1 is 1.25 bits per heavy atom. The Labute approximate surface area is 120 Å². The van der Waals surface area contributed by atoms with Gasteiger partial charge in [0.25, 0.3) is 5.56 Å². The highest BCUT2D eigenvalue weighted by molar-refractivity contribution is 4.94. The van der Waals surface area contributed by atoms with E-state index in [1.165, 1.54) is 0 Å². The van der Waals surface area contributed by atoms with E-state index in [0.717, 1.165) is 45.7 Å². The summed E-state index contributed by atoms with van der Waals surface area (Å²) < 4.78 is 1.75. The van der Waals surface area contributed by atoms with Crippen LogP contribution in [-0.4, -0.2) is 53.1 Å². The quantitative estimate of drug-likeness (QED) is 0.796. The molecule has 0 bridgehead atoms. The molecule has 0 spiro atoms. The highest BCUT2D eigenvalue weighted by atomic mass is 16.1. The van der Waals surface area contributed by atoms with Gasteiger partial charge >= 0.3 is 0 Å². The minimum atomic E-state index is 0.0499. The maximum Gasteiger partial charge on any atom is 0.250 e. The van der Waals surface area contributed by atoms with Crippen LogP contribution in [0.1, 0.15) is 13.3 Å². The van der Waals surface area contributed by atoms with Crippen LogP contribution in [-0.2, 0) is 6.54 Å². The second kappa shape index (κ2) is 7.22. The third-order valence-corrected chi connectivity index (χ3v) is 3.94. The van der Waals surface area contributed by atoms with Crippen LogP contribution in [0.3, 0.4) is 0 Å². The van der Waals surface area contributed by atoms with E-state index in [9.17, 15) is 4.79 Å². The molecule has 1 atom stereocenters. The second-order valence-corrected chi connectivity index (χ2v) is 5.16. The Kier molecular flexibility index (Phi) is 5.33. The van der Waals surface area contributed by atoms with Gasteiger partial charge in [-0.15, -0.1) is 0 Å². The van der Waals surface area contributed by atoms with E-state index in [1.807, 2.05) is 12.3 Å². The summed E-state index contributed by atoms with van der Waals surface area (Å²) in [6.07, 6.45) is 2.72. The highest BCUT2D eigenvalue weighted by Crippen LogP contribution is 2.08. The smallest absolute Gasteiger partial charge is 0.250 e. The van der Waals surface area contributed by atoms with Crippen molar-refractivity contribution in [2.24, 2.45) is 0 Å². The minimum Gasteiger partial charge on any atom is -0.314 e. The van der Waals surface area contributed by atoms with Gasteiger partial charge < -0.3 is 4.57 Å². The minimum absolute atomic E-state index is 0.0499. The fourth-order valence-electron chi connectivity index (χ4n) is 2.62. The fraction of sp³-hybridized carbons (Fsp3) is 0.600. The number of piperazine rings is 1. The monoisotopic (exact) mass is 274 g/mol. The molecule has 1 aliphatic rings. The lowest BCUT2D eigenvalue weighted by molar-refractivity contribution is 0.110. The summed E-state index contributed by atoms with van der Waals surface area (Å²) in [4.78, 5) is 16.2. The normalized spacial score (nSPS) is 18.6. The van der Waals surface area contributed by atoms with Gasteiger partial charge in [0.2, 0.25) is 0 Å². The number of nitriles is 1. The molecular formula is C15H22N4O. The Hall–Kier alpha value is -1.64. The van der Waals surface area contributed by atoms with Crippen LogP contribution in [0.4, 0.5) is 0 Å². The van der Waals surface area contributed by atoms with Crippen molar-refractivity contribution >= 4 is 0 Å². The Balaban J connectivity index is 1.79. The van der Waals surface area contributed by atoms with E-state index >= 15 is 0 Å². The van der Waals surface area contributed by atoms with Crippen molar-refractivity contribution < 1.29 is 0 Å². The van der Waals surface area contributed by atoms with Crippen molar-refractivity contribution in [2.45, 2.75) is 25.9 Å². The van der Waals surface area contributed by atoms with Crippen molar-refractivity contribution in [1.29, 1.82) is 5.26 Å². The lowest BCUT2D eigenvalue weighted by atomic mass is 10.2. The van der Waals surface area contributed by atoms with E-state index < -0.39 is 0 Å². The summed E-state index contributed by atoms with van der Waals surface area (Å²) in [7, 11) is 0. The summed E-state index contributed by atoms with van der Waals surface area (Å²) in [5.41, 5.74) is 0.0571. The van der Waals surface area contributed by atoms with Crippen molar-refractivity contribution in [1.82, 2.24) is 14.4 Å². The molecule has 2 rings (SSSR count). The van der Waals surface area contributed by atoms with Crippen molar-refractivity contribution in [2.75, 3.05) is 32.7 Å². The number of rotatable bonds is 5. The second-order valence-electron chi connectivity index (χ2n) is 5.16. The van der Waals surface area contributed by atoms with Crippen LogP contribution < -0.4 is 5.56 Å². The summed E-state index contributed by atoms with van der Waals surface area (Å²) in [6.45, 7) is 7.50. The average molecular weight is 274 g/mol. The number of aromatic nitrogens is 1. The molecule has 0 N–H and O–H groups in total. The largest absolute Gasteiger partial charge is 0.314 e. The Morgan fingerprint density at radius 2 is 2.00 bits per heavy atom. The predicted octanol–water partition coefficient (Wildman–Crippen LogP) is 0.768. The van der Waals surface area contributed by atoms with Gasteiger partial charge in [-0.25, -0.2) is 0 Å². The first-order valence-corrected chi connectivity index (χ1v) is 7.26. The van der Waals surface area contributed by atoms with E-state index in [4.69, 9.17) is 5.26 Å². The molecule has 1 aliphatic heterocycles. The van der Waals surface area contributed by atoms with Gasteiger partial charge in [0, 0.05) is 51.5 Å². The lowest BCUT2D eigenvalue weighted by Gasteiger charge is -2.36. The molecule has 0 aliphatic carbocycles. The highest BCUT2D eigenvalue weighted by Gasteiger charge is 2.22. The maximum absolute atomic E-state index is 11.6. The molecule has 2 heterocycles. The SMILES string of the molecule is CCC(C#N)N1CCN(CCn2ccccc2=O)CC1. The molecule has 1 aromatic rings. The van der Waals surface area contributed by atoms with Crippen molar-refractivity contribution in [3.05, 3.63) is 34.7 Å². The van der Waals surface area contributed by atoms with Crippen LogP contribution >= 0.6 is 0 Å². The Bertz CT molecular complexity index is 511. The summed E-state index contributed by atoms with van der Waals surface area (Å²) in [6, 6.07) is 7.66. The van der Waals surface area contributed by atoms with Gasteiger partial charge in [-0.05, 0) is 12.5 Å². The third kappa shape index (κ3) is 3.69. The standard InChI is InChI=1S/C15H22N4O/c1-2-14(13-16)18-10-7-17(8-11-18)9-12-19-6-4-3-5-15(19)20/h3-6,14H,2,7-12H2,1H3. The van der Waals surface area contributed by atoms with Crippen LogP contribution in [0.5, 0.6) is 0 Å². The predicted molar refractivity (Wildman–Crippen MR) is 78.4 cm³/mol. The zero-order valence-electron chi connectivity index (χ0n) is 12.0. The van der Waals surface area contributed by atoms with Gasteiger partial charge in [0.1, 0.15) is 0 Å². The topological polar surface area (TPSA) is 52.3 Å². The molecule has 5 heteroatoms. The number of hydrogen-bond acceptors (Lipinski definition) is 4. The van der Waals surface area contributed by atoms with Gasteiger partial charge in [-0.1, -0.05) is 13.0 Å². The molecule has 0 amide bonds. The third-order valence-electron chi connectivity index (χ3n) is 3.94. The lowest BCUT2D eigenvalue weighted by Crippen LogP contribution is -2.50. The Morgan fingerprint density at radius 3 is 2.60 bits per heavy atom. The molecule has 0 aromatic carbocycles. The zero-order valence-corrected chi connectivity index (χ0v) is 12.0. The summed E-state index contributed by atoms with van der Waals surface area (Å²) in [5.74, 6) is 0. The van der Waals surface area contributed by atoms with Gasteiger partial charge in [0.15, 0.2) is 0 Å². The van der Waals surface area contributed by atoms with E-state index in [0.29, 0.717) is 0 Å². The van der Waals surface area contributed by atoms with E-state index in [-0.39, 0.29) is 11.6 Å². The molecule has 1 saturated heterocycles. The molecule has 0 radical (unpaired) electrons. The van der Waals surface area contributed by atoms with Gasteiger partial charge in [-0.2, -0.15) is 5.26 Å². The number of pyridine rings is 1. The number of nitrogens with zero attached hydrogens (tertiary/aromatic N) is 4. The first-order chi connectivity index (χ1) is 9.74. The van der Waals surface area contributed by atoms with Crippen LogP contribution in [0.2, 0.25) is 0 Å². The molecule has 0 saturated carbocycles. The molecule has 5 nitrogen and oxygen atoms in total. The van der Waals surface area contributed by atoms with E-state index in [1.54, 1.807) is 16.7 Å². The van der Waals surface area contributed by atoms with Crippen LogP contribution in [0.25, 0.3) is 0 Å². The fourth-order valence-corrected chi connectivity index (χ4v) is 2.62. The first-order valence-electron chi connectivity index (χ1n) is 7.26. The average Bonchev–Trinajstić information content (AvgIpc) is 2.49. The number of hydrogen-bond donors (Lipinski definition) is 0. The van der Waals surface area contributed by atoms with Crippen LogP contribution in [0.15, 0.2) is 29.2 Å². The van der Waals surface area contributed by atoms with Crippen molar-refractivity contribution in [3.8, 4) is 6.07 Å². The van der Waals surface area contributed by atoms with Crippen LogP contribution in [0, 0.1) is 11.3 Å².